The lowest BCUT2D eigenvalue weighted by Gasteiger charge is -2.23. The third kappa shape index (κ3) is 5.05. The predicted molar refractivity (Wildman–Crippen MR) is 86.6 cm³/mol. The van der Waals surface area contributed by atoms with Gasteiger partial charge in [0.25, 0.3) is 0 Å². The summed E-state index contributed by atoms with van der Waals surface area (Å²) in [4.78, 5) is 28.9. The van der Waals surface area contributed by atoms with Crippen LogP contribution in [0.5, 0.6) is 0 Å². The Morgan fingerprint density at radius 3 is 2.38 bits per heavy atom. The second-order valence-electron chi connectivity index (χ2n) is 5.36. The van der Waals surface area contributed by atoms with E-state index in [-0.39, 0.29) is 18.8 Å². The molecule has 0 aliphatic heterocycles. The molecular formula is C18H17F3N2O3. The maximum Gasteiger partial charge on any atom is 0.418 e. The first-order valence-electron chi connectivity index (χ1n) is 7.84. The van der Waals surface area contributed by atoms with Crippen LogP contribution < -0.4 is 0 Å². The second-order valence-corrected chi connectivity index (χ2v) is 5.36. The molecule has 0 spiro atoms. The first kappa shape index (κ1) is 19.4. The standard InChI is InChI=1S/C18H17F3N2O3/c1-2-26-17(25)16(24)23(11-13-7-4-3-5-8-13)12-15-14(18(19,20)21)9-6-10-22-15/h3-10H,2,11-12H2,1H3. The first-order valence-corrected chi connectivity index (χ1v) is 7.84. The zero-order valence-corrected chi connectivity index (χ0v) is 14.0. The zero-order valence-electron chi connectivity index (χ0n) is 14.0. The molecule has 0 fully saturated rings. The maximum atomic E-state index is 13.2. The van der Waals surface area contributed by atoms with Crippen LogP contribution in [0, 0.1) is 0 Å². The van der Waals surface area contributed by atoms with Crippen LogP contribution in [0.3, 0.4) is 0 Å². The highest BCUT2D eigenvalue weighted by Gasteiger charge is 2.35. The molecule has 1 amide bonds. The summed E-state index contributed by atoms with van der Waals surface area (Å²) in [6, 6.07) is 10.7. The summed E-state index contributed by atoms with van der Waals surface area (Å²) in [5.41, 5.74) is -0.627. The molecule has 1 aromatic heterocycles. The lowest BCUT2D eigenvalue weighted by molar-refractivity contribution is -0.160. The molecule has 0 unspecified atom stereocenters. The van der Waals surface area contributed by atoms with E-state index in [1.807, 2.05) is 0 Å². The van der Waals surface area contributed by atoms with E-state index in [1.165, 1.54) is 19.2 Å². The predicted octanol–water partition coefficient (Wildman–Crippen LogP) is 3.19. The van der Waals surface area contributed by atoms with Crippen molar-refractivity contribution >= 4 is 11.9 Å². The fourth-order valence-electron chi connectivity index (χ4n) is 2.33. The van der Waals surface area contributed by atoms with Crippen molar-refractivity contribution < 1.29 is 27.5 Å². The Hall–Kier alpha value is -2.90. The molecule has 0 aliphatic rings. The molecule has 2 aromatic rings. The summed E-state index contributed by atoms with van der Waals surface area (Å²) < 4.78 is 44.2. The molecule has 0 aliphatic carbocycles. The second kappa shape index (κ2) is 8.46. The van der Waals surface area contributed by atoms with Crippen molar-refractivity contribution in [3.8, 4) is 0 Å². The van der Waals surface area contributed by atoms with Gasteiger partial charge in [-0.15, -0.1) is 0 Å². The van der Waals surface area contributed by atoms with Crippen LogP contribution in [0.1, 0.15) is 23.7 Å². The van der Waals surface area contributed by atoms with Gasteiger partial charge in [-0.3, -0.25) is 9.78 Å². The van der Waals surface area contributed by atoms with Crippen LogP contribution in [-0.2, 0) is 33.6 Å². The SMILES string of the molecule is CCOC(=O)C(=O)N(Cc1ccccc1)Cc1ncccc1C(F)(F)F. The van der Waals surface area contributed by atoms with Gasteiger partial charge in [-0.2, -0.15) is 13.2 Å². The maximum absolute atomic E-state index is 13.2. The number of hydrogen-bond acceptors (Lipinski definition) is 4. The monoisotopic (exact) mass is 366 g/mol. The molecule has 0 radical (unpaired) electrons. The third-order valence-corrected chi connectivity index (χ3v) is 3.49. The zero-order chi connectivity index (χ0) is 19.2. The van der Waals surface area contributed by atoms with Crippen LogP contribution in [0.15, 0.2) is 48.7 Å². The number of alkyl halides is 3. The minimum absolute atomic E-state index is 0.0128. The summed E-state index contributed by atoms with van der Waals surface area (Å²) in [5.74, 6) is -2.14. The number of carbonyl (C=O) groups is 2. The van der Waals surface area contributed by atoms with Gasteiger partial charge in [-0.25, -0.2) is 4.79 Å². The quantitative estimate of drug-likeness (QED) is 0.602. The topological polar surface area (TPSA) is 59.5 Å². The molecule has 138 valence electrons. The molecule has 0 bridgehead atoms. The van der Waals surface area contributed by atoms with E-state index < -0.39 is 30.2 Å². The number of carbonyl (C=O) groups excluding carboxylic acids is 2. The van der Waals surface area contributed by atoms with E-state index in [4.69, 9.17) is 0 Å². The minimum atomic E-state index is -4.62. The number of halogens is 3. The van der Waals surface area contributed by atoms with Crippen molar-refractivity contribution in [3.05, 3.63) is 65.5 Å². The van der Waals surface area contributed by atoms with Gasteiger partial charge < -0.3 is 9.64 Å². The normalized spacial score (nSPS) is 11.1. The average molecular weight is 366 g/mol. The van der Waals surface area contributed by atoms with Gasteiger partial charge in [0.05, 0.1) is 24.4 Å². The Kier molecular flexibility index (Phi) is 6.32. The first-order chi connectivity index (χ1) is 12.3. The van der Waals surface area contributed by atoms with Crippen molar-refractivity contribution in [2.75, 3.05) is 6.61 Å². The Morgan fingerprint density at radius 1 is 1.08 bits per heavy atom. The van der Waals surface area contributed by atoms with Crippen LogP contribution in [0.25, 0.3) is 0 Å². The molecule has 0 saturated heterocycles. The highest BCUT2D eigenvalue weighted by Crippen LogP contribution is 2.31. The molecule has 1 aromatic carbocycles. The number of pyridine rings is 1. The molecule has 26 heavy (non-hydrogen) atoms. The number of hydrogen-bond donors (Lipinski definition) is 0. The number of aromatic nitrogens is 1. The molecule has 2 rings (SSSR count). The van der Waals surface area contributed by atoms with E-state index >= 15 is 0 Å². The van der Waals surface area contributed by atoms with E-state index in [1.54, 1.807) is 30.3 Å². The molecule has 8 heteroatoms. The summed E-state index contributed by atoms with van der Waals surface area (Å²) >= 11 is 0. The van der Waals surface area contributed by atoms with Crippen LogP contribution in [0.2, 0.25) is 0 Å². The number of benzene rings is 1. The number of amides is 1. The minimum Gasteiger partial charge on any atom is -0.459 e. The number of nitrogens with zero attached hydrogens (tertiary/aromatic N) is 2. The van der Waals surface area contributed by atoms with Crippen LogP contribution in [0.4, 0.5) is 13.2 Å². The average Bonchev–Trinajstić information content (AvgIpc) is 2.61. The number of rotatable bonds is 5. The summed E-state index contributed by atoms with van der Waals surface area (Å²) in [7, 11) is 0. The van der Waals surface area contributed by atoms with Gasteiger partial charge in [0.1, 0.15) is 0 Å². The van der Waals surface area contributed by atoms with E-state index in [9.17, 15) is 22.8 Å². The number of esters is 1. The van der Waals surface area contributed by atoms with Gasteiger partial charge in [-0.1, -0.05) is 30.3 Å². The van der Waals surface area contributed by atoms with Crippen molar-refractivity contribution in [2.24, 2.45) is 0 Å². The fraction of sp³-hybridized carbons (Fsp3) is 0.278. The molecule has 0 saturated carbocycles. The van der Waals surface area contributed by atoms with Crippen molar-refractivity contribution in [1.29, 1.82) is 0 Å². The highest BCUT2D eigenvalue weighted by molar-refractivity contribution is 6.32. The number of ether oxygens (including phenoxy) is 1. The Morgan fingerprint density at radius 2 is 1.77 bits per heavy atom. The lowest BCUT2D eigenvalue weighted by atomic mass is 10.1. The van der Waals surface area contributed by atoms with Crippen molar-refractivity contribution in [3.63, 3.8) is 0 Å². The van der Waals surface area contributed by atoms with Gasteiger partial charge in [-0.05, 0) is 24.6 Å². The Bertz CT molecular complexity index is 764. The summed E-state index contributed by atoms with van der Waals surface area (Å²) in [6.07, 6.45) is -3.41. The fourth-order valence-corrected chi connectivity index (χ4v) is 2.33. The van der Waals surface area contributed by atoms with E-state index in [0.29, 0.717) is 5.56 Å². The summed E-state index contributed by atoms with van der Waals surface area (Å²) in [6.45, 7) is 1.00. The molecule has 5 nitrogen and oxygen atoms in total. The summed E-state index contributed by atoms with van der Waals surface area (Å²) in [5, 5.41) is 0. The van der Waals surface area contributed by atoms with E-state index in [0.717, 1.165) is 11.0 Å². The molecule has 1 heterocycles. The molecule has 0 atom stereocenters. The third-order valence-electron chi connectivity index (χ3n) is 3.49. The largest absolute Gasteiger partial charge is 0.459 e. The lowest BCUT2D eigenvalue weighted by Crippen LogP contribution is -2.37. The molecular weight excluding hydrogens is 349 g/mol. The molecule has 0 N–H and O–H groups in total. The van der Waals surface area contributed by atoms with Crippen LogP contribution >= 0.6 is 0 Å². The highest BCUT2D eigenvalue weighted by atomic mass is 19.4. The van der Waals surface area contributed by atoms with Gasteiger partial charge in [0.15, 0.2) is 0 Å². The van der Waals surface area contributed by atoms with Gasteiger partial charge in [0, 0.05) is 12.7 Å². The van der Waals surface area contributed by atoms with Gasteiger partial charge >= 0.3 is 18.1 Å². The van der Waals surface area contributed by atoms with Gasteiger partial charge in [0.2, 0.25) is 0 Å². The van der Waals surface area contributed by atoms with E-state index in [2.05, 4.69) is 9.72 Å². The Labute approximate surface area is 148 Å². The van der Waals surface area contributed by atoms with Crippen LogP contribution in [-0.4, -0.2) is 28.4 Å². The Balaban J connectivity index is 2.33. The van der Waals surface area contributed by atoms with Crippen molar-refractivity contribution in [1.82, 2.24) is 9.88 Å². The van der Waals surface area contributed by atoms with Crippen molar-refractivity contribution in [2.45, 2.75) is 26.2 Å². The smallest absolute Gasteiger partial charge is 0.418 e.